The van der Waals surface area contributed by atoms with Gasteiger partial charge in [-0.2, -0.15) is 16.8 Å². The topological polar surface area (TPSA) is 105 Å². The van der Waals surface area contributed by atoms with Gasteiger partial charge in [-0.05, 0) is 6.42 Å². The second kappa shape index (κ2) is 6.35. The van der Waals surface area contributed by atoms with Crippen molar-refractivity contribution >= 4 is 20.8 Å². The molecule has 0 aliphatic rings. The molecule has 10 heteroatoms. The fourth-order valence-corrected chi connectivity index (χ4v) is 1.31. The van der Waals surface area contributed by atoms with Crippen LogP contribution >= 0.6 is 0 Å². The van der Waals surface area contributed by atoms with E-state index in [0.29, 0.717) is 0 Å². The van der Waals surface area contributed by atoms with Crippen molar-refractivity contribution in [3.63, 3.8) is 0 Å². The highest BCUT2D eigenvalue weighted by molar-refractivity contribution is 7.82. The highest BCUT2D eigenvalue weighted by Crippen LogP contribution is 1.98. The molecule has 0 aromatic rings. The summed E-state index contributed by atoms with van der Waals surface area (Å²) in [6, 6.07) is 0. The monoisotopic (exact) mass is 264 g/mol. The first-order valence-corrected chi connectivity index (χ1v) is 6.39. The Morgan fingerprint density at radius 3 is 1.40 bits per heavy atom. The van der Waals surface area contributed by atoms with Gasteiger partial charge in [0.15, 0.2) is 0 Å². The zero-order valence-corrected chi connectivity index (χ0v) is 9.84. The first-order chi connectivity index (χ1) is 6.83. The molecule has 0 aliphatic heterocycles. The second-order valence-electron chi connectivity index (χ2n) is 2.15. The highest BCUT2D eigenvalue weighted by Gasteiger charge is 2.10. The highest BCUT2D eigenvalue weighted by atomic mass is 32.3. The summed E-state index contributed by atoms with van der Waals surface area (Å²) in [7, 11) is -6.06. The van der Waals surface area contributed by atoms with Crippen molar-refractivity contribution in [3.8, 4) is 0 Å². The summed E-state index contributed by atoms with van der Waals surface area (Å²) in [5, 5.41) is 0. The molecule has 0 fully saturated rings. The summed E-state index contributed by atoms with van der Waals surface area (Å²) in [5.74, 6) is 0. The minimum atomic E-state index is -3.98. The van der Waals surface area contributed by atoms with Crippen LogP contribution in [0.3, 0.4) is 0 Å². The van der Waals surface area contributed by atoms with Gasteiger partial charge in [-0.1, -0.05) is 0 Å². The lowest BCUT2D eigenvalue weighted by molar-refractivity contribution is 0.201. The average molecular weight is 264 g/mol. The number of rotatable bonds is 8. The van der Waals surface area contributed by atoms with Crippen LogP contribution in [0.4, 0.5) is 0 Å². The fourth-order valence-electron chi connectivity index (χ4n) is 0.477. The lowest BCUT2D eigenvalue weighted by Gasteiger charge is -2.03. The van der Waals surface area contributed by atoms with Crippen LogP contribution in [-0.4, -0.2) is 44.3 Å². The molecule has 0 amide bonds. The fraction of sp³-hybridized carbons (Fsp3) is 1.00. The van der Waals surface area contributed by atoms with Crippen molar-refractivity contribution in [2.24, 2.45) is 0 Å². The summed E-state index contributed by atoms with van der Waals surface area (Å²) >= 11 is 0. The van der Waals surface area contributed by atoms with Crippen LogP contribution in [0, 0.1) is 0 Å². The van der Waals surface area contributed by atoms with Gasteiger partial charge in [-0.15, -0.1) is 0 Å². The summed E-state index contributed by atoms with van der Waals surface area (Å²) in [5.41, 5.74) is 0. The van der Waals surface area contributed by atoms with Crippen LogP contribution in [0.25, 0.3) is 0 Å². The van der Waals surface area contributed by atoms with Gasteiger partial charge in [-0.3, -0.25) is 8.37 Å². The van der Waals surface area contributed by atoms with Crippen molar-refractivity contribution < 1.29 is 33.6 Å². The Labute approximate surface area is 88.7 Å². The van der Waals surface area contributed by atoms with E-state index in [4.69, 9.17) is 0 Å². The van der Waals surface area contributed by atoms with Gasteiger partial charge in [0.25, 0.3) is 0 Å². The SMILES string of the molecule is COS(=O)(=O)OCCCOS(=O)(=O)OC. The van der Waals surface area contributed by atoms with Gasteiger partial charge in [0.1, 0.15) is 0 Å². The molecule has 0 aromatic carbocycles. The van der Waals surface area contributed by atoms with Gasteiger partial charge in [0, 0.05) is 0 Å². The molecule has 0 spiro atoms. The summed E-state index contributed by atoms with van der Waals surface area (Å²) in [6.45, 7) is -0.481. The van der Waals surface area contributed by atoms with Crippen LogP contribution in [0.15, 0.2) is 0 Å². The molecule has 0 atom stereocenters. The molecule has 15 heavy (non-hydrogen) atoms. The molecule has 0 rings (SSSR count). The predicted octanol–water partition coefficient (Wildman–Crippen LogP) is -0.808. The molecule has 0 bridgehead atoms. The Morgan fingerprint density at radius 2 is 1.13 bits per heavy atom. The van der Waals surface area contributed by atoms with Gasteiger partial charge in [0.2, 0.25) is 0 Å². The molecule has 0 radical (unpaired) electrons. The third-order valence-corrected chi connectivity index (χ3v) is 2.88. The average Bonchev–Trinajstić information content (AvgIpc) is 2.17. The molecule has 0 saturated carbocycles. The zero-order valence-electron chi connectivity index (χ0n) is 8.20. The van der Waals surface area contributed by atoms with E-state index in [1.165, 1.54) is 0 Å². The van der Waals surface area contributed by atoms with E-state index in [9.17, 15) is 16.8 Å². The molecule has 0 N–H and O–H groups in total. The minimum absolute atomic E-state index is 0.0607. The number of hydrogen-bond acceptors (Lipinski definition) is 8. The van der Waals surface area contributed by atoms with Gasteiger partial charge in [-0.25, -0.2) is 8.37 Å². The Bertz CT molecular complexity index is 318. The Morgan fingerprint density at radius 1 is 0.800 bits per heavy atom. The first-order valence-electron chi connectivity index (χ1n) is 3.73. The van der Waals surface area contributed by atoms with E-state index in [0.717, 1.165) is 14.2 Å². The van der Waals surface area contributed by atoms with E-state index in [1.807, 2.05) is 0 Å². The van der Waals surface area contributed by atoms with Gasteiger partial charge in [0.05, 0.1) is 27.4 Å². The van der Waals surface area contributed by atoms with Crippen LogP contribution in [-0.2, 0) is 37.5 Å². The van der Waals surface area contributed by atoms with Crippen LogP contribution < -0.4 is 0 Å². The summed E-state index contributed by atoms with van der Waals surface area (Å²) in [6.07, 6.45) is 0.0607. The molecule has 0 unspecified atom stereocenters. The minimum Gasteiger partial charge on any atom is -0.252 e. The molecule has 0 aliphatic carbocycles. The maximum absolute atomic E-state index is 10.6. The van der Waals surface area contributed by atoms with E-state index in [1.54, 1.807) is 0 Å². The first kappa shape index (κ1) is 14.7. The number of hydrogen-bond donors (Lipinski definition) is 0. The quantitative estimate of drug-likeness (QED) is 0.524. The van der Waals surface area contributed by atoms with Crippen LogP contribution in [0.1, 0.15) is 6.42 Å². The molecule has 8 nitrogen and oxygen atoms in total. The van der Waals surface area contributed by atoms with E-state index >= 15 is 0 Å². The molecule has 0 heterocycles. The zero-order chi connectivity index (χ0) is 11.9. The van der Waals surface area contributed by atoms with Crippen molar-refractivity contribution in [3.05, 3.63) is 0 Å². The molecule has 92 valence electrons. The van der Waals surface area contributed by atoms with Crippen molar-refractivity contribution in [1.82, 2.24) is 0 Å². The van der Waals surface area contributed by atoms with Gasteiger partial charge < -0.3 is 0 Å². The maximum atomic E-state index is 10.6. The molecular weight excluding hydrogens is 252 g/mol. The third-order valence-electron chi connectivity index (χ3n) is 1.15. The molecular formula is C5H12O8S2. The van der Waals surface area contributed by atoms with Crippen molar-refractivity contribution in [1.29, 1.82) is 0 Å². The Hall–Kier alpha value is -0.260. The smallest absolute Gasteiger partial charge is 0.252 e. The third kappa shape index (κ3) is 7.64. The molecule has 0 aromatic heterocycles. The lowest BCUT2D eigenvalue weighted by atomic mass is 10.5. The predicted molar refractivity (Wildman–Crippen MR) is 48.4 cm³/mol. The summed E-state index contributed by atoms with van der Waals surface area (Å²) in [4.78, 5) is 0. The van der Waals surface area contributed by atoms with Crippen molar-refractivity contribution in [2.75, 3.05) is 27.4 Å². The van der Waals surface area contributed by atoms with E-state index in [-0.39, 0.29) is 19.6 Å². The van der Waals surface area contributed by atoms with Crippen LogP contribution in [0.2, 0.25) is 0 Å². The lowest BCUT2D eigenvalue weighted by Crippen LogP contribution is -2.12. The second-order valence-corrected chi connectivity index (χ2v) is 4.92. The van der Waals surface area contributed by atoms with Crippen LogP contribution in [0.5, 0.6) is 0 Å². The largest absolute Gasteiger partial charge is 0.399 e. The molecule has 0 saturated heterocycles. The standard InChI is InChI=1S/C5H12O8S2/c1-10-14(6,7)12-4-3-5-13-15(8,9)11-2/h3-5H2,1-2H3. The maximum Gasteiger partial charge on any atom is 0.399 e. The normalized spacial score (nSPS) is 12.9. The van der Waals surface area contributed by atoms with Crippen molar-refractivity contribution in [2.45, 2.75) is 6.42 Å². The summed E-state index contributed by atoms with van der Waals surface area (Å²) < 4.78 is 58.8. The van der Waals surface area contributed by atoms with E-state index in [2.05, 4.69) is 16.7 Å². The Kier molecular flexibility index (Phi) is 6.24. The van der Waals surface area contributed by atoms with Gasteiger partial charge >= 0.3 is 20.8 Å². The van der Waals surface area contributed by atoms with E-state index < -0.39 is 20.8 Å². The Balaban J connectivity index is 3.66.